The van der Waals surface area contributed by atoms with Gasteiger partial charge < -0.3 is 42.9 Å². The zero-order valence-electron chi connectivity index (χ0n) is 39.3. The molecule has 0 amide bonds. The molecular formula is C48H70Br2N8O8. The molecule has 4 aromatic rings. The molecule has 0 fully saturated rings. The van der Waals surface area contributed by atoms with Crippen LogP contribution in [0.5, 0.6) is 0 Å². The number of hydrogen-bond donors (Lipinski definition) is 0. The smallest absolute Gasteiger partial charge is 0.331 e. The van der Waals surface area contributed by atoms with Crippen LogP contribution in [0.2, 0.25) is 0 Å². The predicted molar refractivity (Wildman–Crippen MR) is 249 cm³/mol. The molecule has 5 rings (SSSR count). The third-order valence-corrected chi connectivity index (χ3v) is 13.8. The Morgan fingerprint density at radius 1 is 0.485 bits per heavy atom. The van der Waals surface area contributed by atoms with Gasteiger partial charge in [-0.25, -0.2) is 9.59 Å². The van der Waals surface area contributed by atoms with E-state index in [1.807, 2.05) is 24.3 Å². The summed E-state index contributed by atoms with van der Waals surface area (Å²) in [6.45, 7) is 15.1. The Kier molecular flexibility index (Phi) is 22.6. The van der Waals surface area contributed by atoms with Crippen LogP contribution >= 0.6 is 0 Å². The number of quaternary nitrogens is 2. The molecule has 0 aliphatic carbocycles. The number of aryl methyl sites for hydroxylation is 2. The van der Waals surface area contributed by atoms with E-state index in [2.05, 4.69) is 13.8 Å². The number of hydrogen-bond acceptors (Lipinski definition) is 8. The van der Waals surface area contributed by atoms with Gasteiger partial charge in [0.1, 0.15) is 13.1 Å². The van der Waals surface area contributed by atoms with E-state index in [0.29, 0.717) is 83.6 Å². The first kappa shape index (κ1) is 55.8. The second-order valence-electron chi connectivity index (χ2n) is 18.0. The minimum absolute atomic E-state index is 0. The fourth-order valence-electron chi connectivity index (χ4n) is 9.75. The van der Waals surface area contributed by atoms with Gasteiger partial charge in [-0.3, -0.25) is 48.1 Å². The minimum atomic E-state index is -0.326. The van der Waals surface area contributed by atoms with E-state index in [-0.39, 0.29) is 77.7 Å². The van der Waals surface area contributed by atoms with Gasteiger partial charge in [0.25, 0.3) is 22.5 Å². The Balaban J connectivity index is 0.00000578. The van der Waals surface area contributed by atoms with Gasteiger partial charge in [-0.2, -0.15) is 0 Å². The number of nitro groups is 2. The van der Waals surface area contributed by atoms with E-state index in [1.54, 1.807) is 59.4 Å². The second-order valence-corrected chi connectivity index (χ2v) is 18.0. The lowest BCUT2D eigenvalue weighted by atomic mass is 10.1. The summed E-state index contributed by atoms with van der Waals surface area (Å²) in [4.78, 5) is 77.3. The molecule has 0 radical (unpaired) electrons. The Morgan fingerprint density at radius 2 is 0.788 bits per heavy atom. The van der Waals surface area contributed by atoms with Crippen molar-refractivity contribution >= 4 is 11.4 Å². The molecule has 1 aliphatic heterocycles. The summed E-state index contributed by atoms with van der Waals surface area (Å²) in [5.74, 6) is 0. The average molecular weight is 1050 g/mol. The van der Waals surface area contributed by atoms with Crippen molar-refractivity contribution in [3.8, 4) is 0 Å². The summed E-state index contributed by atoms with van der Waals surface area (Å²) >= 11 is 0. The number of para-hydroxylation sites is 2. The second kappa shape index (κ2) is 26.7. The molecule has 2 aromatic carbocycles. The first-order chi connectivity index (χ1) is 30.7. The lowest BCUT2D eigenvalue weighted by molar-refractivity contribution is -0.939. The summed E-state index contributed by atoms with van der Waals surface area (Å²) in [6, 6.07) is 16.9. The summed E-state index contributed by atoms with van der Waals surface area (Å²) in [5.41, 5.74) is 1.68. The van der Waals surface area contributed by atoms with Crippen LogP contribution in [0.25, 0.3) is 0 Å². The maximum Gasteiger partial charge on any atom is 0.331 e. The fraction of sp³-hybridized carbons (Fsp3) is 0.583. The number of nitrogens with zero attached hydrogens (tertiary/aromatic N) is 8. The van der Waals surface area contributed by atoms with Crippen molar-refractivity contribution in [2.75, 3.05) is 39.3 Å². The molecular weight excluding hydrogens is 976 g/mol. The minimum Gasteiger partial charge on any atom is -1.00 e. The molecule has 364 valence electrons. The normalized spacial score (nSPS) is 19.8. The predicted octanol–water partition coefficient (Wildman–Crippen LogP) is 1.24. The summed E-state index contributed by atoms with van der Waals surface area (Å²) in [5, 5.41) is 24.0. The summed E-state index contributed by atoms with van der Waals surface area (Å²) in [7, 11) is 0. The summed E-state index contributed by atoms with van der Waals surface area (Å²) in [6.07, 6.45) is 9.26. The molecule has 18 heteroatoms. The number of halogens is 2. The van der Waals surface area contributed by atoms with E-state index in [0.717, 1.165) is 103 Å². The van der Waals surface area contributed by atoms with E-state index < -0.39 is 0 Å². The number of fused-ring (bicyclic) bond motifs is 4. The maximum atomic E-state index is 13.8. The molecule has 0 saturated heterocycles. The third kappa shape index (κ3) is 14.7. The van der Waals surface area contributed by atoms with Crippen molar-refractivity contribution in [2.45, 2.75) is 144 Å². The molecule has 0 atom stereocenters. The molecule has 0 spiro atoms. The molecule has 16 nitrogen and oxygen atoms in total. The van der Waals surface area contributed by atoms with Gasteiger partial charge in [0.15, 0.2) is 0 Å². The van der Waals surface area contributed by atoms with Crippen LogP contribution in [0.4, 0.5) is 11.4 Å². The molecule has 3 heterocycles. The molecule has 66 heavy (non-hydrogen) atoms. The Bertz CT molecular complexity index is 2360. The summed E-state index contributed by atoms with van der Waals surface area (Å²) < 4.78 is 7.40. The van der Waals surface area contributed by atoms with Gasteiger partial charge in [-0.15, -0.1) is 0 Å². The molecule has 2 aromatic heterocycles. The highest BCUT2D eigenvalue weighted by Crippen LogP contribution is 2.27. The Morgan fingerprint density at radius 3 is 1.09 bits per heavy atom. The lowest BCUT2D eigenvalue weighted by Crippen LogP contribution is -3.00. The van der Waals surface area contributed by atoms with E-state index in [4.69, 9.17) is 0 Å². The first-order valence-electron chi connectivity index (χ1n) is 23.5. The van der Waals surface area contributed by atoms with Crippen molar-refractivity contribution in [1.29, 1.82) is 0 Å². The van der Waals surface area contributed by atoms with Crippen LogP contribution in [0.15, 0.2) is 79.8 Å². The highest BCUT2D eigenvalue weighted by molar-refractivity contribution is 5.40. The third-order valence-electron chi connectivity index (χ3n) is 13.8. The Hall–Kier alpha value is -4.52. The van der Waals surface area contributed by atoms with Gasteiger partial charge >= 0.3 is 11.4 Å². The largest absolute Gasteiger partial charge is 1.00 e. The number of rotatable bonds is 8. The van der Waals surface area contributed by atoms with Gasteiger partial charge in [-0.05, 0) is 117 Å². The fourth-order valence-corrected chi connectivity index (χ4v) is 9.75. The van der Waals surface area contributed by atoms with Crippen LogP contribution in [0.1, 0.15) is 113 Å². The SMILES string of the molecule is CC[N+]1(Cc2ccccc2[N+](=O)[O-])CCCCCn2c(C)cc(=O)n(c2=O)CCCCC[N+](CC)(Cc2ccccc2[N+](=O)[O-])CCCCCn2c(=O)cc(C)n(c2=O)CCCCC1.[Br-].[Br-]. The number of aromatic nitrogens is 4. The molecule has 0 unspecified atom stereocenters. The number of nitro benzene ring substituents is 2. The first-order valence-corrected chi connectivity index (χ1v) is 23.5. The lowest BCUT2D eigenvalue weighted by Gasteiger charge is -2.38. The zero-order chi connectivity index (χ0) is 46.3. The molecule has 0 saturated carbocycles. The monoisotopic (exact) mass is 1040 g/mol. The van der Waals surface area contributed by atoms with Gasteiger partial charge in [0.2, 0.25) is 0 Å². The topological polar surface area (TPSA) is 174 Å². The highest BCUT2D eigenvalue weighted by Gasteiger charge is 2.30. The van der Waals surface area contributed by atoms with Crippen LogP contribution in [0.3, 0.4) is 0 Å². The van der Waals surface area contributed by atoms with Crippen LogP contribution in [-0.2, 0) is 39.3 Å². The van der Waals surface area contributed by atoms with Crippen molar-refractivity contribution in [2.24, 2.45) is 0 Å². The molecule has 0 N–H and O–H groups in total. The quantitative estimate of drug-likeness (QED) is 0.144. The zero-order valence-corrected chi connectivity index (χ0v) is 42.5. The standard InChI is InChI=1S/C48H70N8O8.2BrH/c1-5-55(37-41-23-11-13-25-43(41)53(61)62)31-19-7-15-27-49-39(3)35-45(57)51(47(49)59)29-17-9-21-33-56(6-2,38-42-24-12-14-26-44(42)54(63)64)34-22-10-18-30-52-46(58)36-40(4)50(48(52)60)28-16-8-20-32-55;;/h11-14,23-26,35-36H,5-10,15-22,27-34,37-38H2,1-4H3;2*1H/q+2;;/p-2. The van der Waals surface area contributed by atoms with Crippen molar-refractivity contribution in [3.63, 3.8) is 0 Å². The van der Waals surface area contributed by atoms with Gasteiger partial charge in [0, 0.05) is 61.8 Å². The van der Waals surface area contributed by atoms with Crippen LogP contribution < -0.4 is 56.5 Å². The average Bonchev–Trinajstić information content (AvgIpc) is 3.26. The van der Waals surface area contributed by atoms with E-state index in [1.165, 1.54) is 9.13 Å². The van der Waals surface area contributed by atoms with E-state index in [9.17, 15) is 39.4 Å². The van der Waals surface area contributed by atoms with Crippen LogP contribution in [0, 0.1) is 34.1 Å². The molecule has 4 bridgehead atoms. The van der Waals surface area contributed by atoms with Crippen molar-refractivity contribution in [1.82, 2.24) is 18.3 Å². The van der Waals surface area contributed by atoms with Crippen molar-refractivity contribution < 1.29 is 52.8 Å². The van der Waals surface area contributed by atoms with Crippen LogP contribution in [-0.4, -0.2) is 76.3 Å². The maximum absolute atomic E-state index is 13.8. The van der Waals surface area contributed by atoms with E-state index >= 15 is 0 Å². The van der Waals surface area contributed by atoms with Crippen molar-refractivity contribution in [3.05, 3.63) is 145 Å². The van der Waals surface area contributed by atoms with Gasteiger partial charge in [0.05, 0.1) is 60.2 Å². The molecule has 1 aliphatic rings. The Labute approximate surface area is 408 Å². The van der Waals surface area contributed by atoms with Gasteiger partial charge in [-0.1, -0.05) is 24.3 Å². The highest BCUT2D eigenvalue weighted by atomic mass is 79.9. The number of benzene rings is 2.